The van der Waals surface area contributed by atoms with Crippen LogP contribution < -0.4 is 0 Å². The number of benzene rings is 1. The fraction of sp³-hybridized carbons (Fsp3) is 0.350. The van der Waals surface area contributed by atoms with Gasteiger partial charge in [0.05, 0.1) is 0 Å². The van der Waals surface area contributed by atoms with E-state index in [1.54, 1.807) is 23.5 Å². The van der Waals surface area contributed by atoms with Crippen LogP contribution >= 0.6 is 11.3 Å². The molecule has 0 bridgehead atoms. The van der Waals surface area contributed by atoms with Gasteiger partial charge in [-0.2, -0.15) is 11.3 Å². The van der Waals surface area contributed by atoms with Gasteiger partial charge in [0.1, 0.15) is 5.82 Å². The maximum atomic E-state index is 13.2. The van der Waals surface area contributed by atoms with Gasteiger partial charge in [0.25, 0.3) is 5.91 Å². The second-order valence-corrected chi connectivity index (χ2v) is 7.35. The van der Waals surface area contributed by atoms with Crippen LogP contribution in [0.2, 0.25) is 0 Å². The Morgan fingerprint density at radius 1 is 1.24 bits per heavy atom. The molecular weight excluding hydrogens is 335 g/mol. The standard InChI is InChI=1S/C20H23FN2OS/c1-22-10-7-18(8-11-22)23(2)20(24)19(16-9-12-25-14-16)13-15-3-5-17(21)6-4-15/h3-6,9,12-14,18H,7-8,10-11H2,1-2H3/b19-13+. The molecule has 1 aromatic heterocycles. The molecule has 2 aromatic rings. The van der Waals surface area contributed by atoms with Gasteiger partial charge in [-0.25, -0.2) is 4.39 Å². The fourth-order valence-corrected chi connectivity index (χ4v) is 3.81. The van der Waals surface area contributed by atoms with E-state index in [9.17, 15) is 9.18 Å². The summed E-state index contributed by atoms with van der Waals surface area (Å²) in [6.07, 6.45) is 3.84. The molecule has 1 amide bonds. The molecule has 25 heavy (non-hydrogen) atoms. The molecule has 132 valence electrons. The number of likely N-dealkylation sites (N-methyl/N-ethyl adjacent to an activating group) is 1. The Hall–Kier alpha value is -1.98. The van der Waals surface area contributed by atoms with Crippen molar-refractivity contribution in [1.82, 2.24) is 9.80 Å². The first-order chi connectivity index (χ1) is 12.0. The average Bonchev–Trinajstić information content (AvgIpc) is 3.15. The Bertz CT molecular complexity index is 732. The minimum atomic E-state index is -0.274. The molecule has 3 rings (SSSR count). The Morgan fingerprint density at radius 2 is 1.92 bits per heavy atom. The second kappa shape index (κ2) is 7.93. The fourth-order valence-electron chi connectivity index (χ4n) is 3.15. The third-order valence-electron chi connectivity index (χ3n) is 4.80. The highest BCUT2D eigenvalue weighted by Gasteiger charge is 2.26. The first-order valence-corrected chi connectivity index (χ1v) is 9.44. The summed E-state index contributed by atoms with van der Waals surface area (Å²) in [6.45, 7) is 2.02. The number of hydrogen-bond acceptors (Lipinski definition) is 3. The van der Waals surface area contributed by atoms with Crippen molar-refractivity contribution < 1.29 is 9.18 Å². The SMILES string of the molecule is CN1CCC(N(C)C(=O)/C(=C/c2ccc(F)cc2)c2ccsc2)CC1. The van der Waals surface area contributed by atoms with Crippen LogP contribution in [-0.4, -0.2) is 48.9 Å². The minimum Gasteiger partial charge on any atom is -0.339 e. The minimum absolute atomic E-state index is 0.0253. The highest BCUT2D eigenvalue weighted by Crippen LogP contribution is 2.25. The van der Waals surface area contributed by atoms with Crippen molar-refractivity contribution in [1.29, 1.82) is 0 Å². The van der Waals surface area contributed by atoms with Crippen molar-refractivity contribution >= 4 is 28.9 Å². The molecular formula is C20H23FN2OS. The molecule has 0 radical (unpaired) electrons. The summed E-state index contributed by atoms with van der Waals surface area (Å²) in [5.74, 6) is -0.249. The highest BCUT2D eigenvalue weighted by atomic mass is 32.1. The van der Waals surface area contributed by atoms with Crippen LogP contribution in [0, 0.1) is 5.82 Å². The molecule has 1 aliphatic rings. The average molecular weight is 358 g/mol. The third-order valence-corrected chi connectivity index (χ3v) is 5.48. The summed E-state index contributed by atoms with van der Waals surface area (Å²) in [6, 6.07) is 8.46. The lowest BCUT2D eigenvalue weighted by Gasteiger charge is -2.35. The van der Waals surface area contributed by atoms with Gasteiger partial charge in [-0.1, -0.05) is 12.1 Å². The van der Waals surface area contributed by atoms with Gasteiger partial charge in [0.15, 0.2) is 0 Å². The van der Waals surface area contributed by atoms with Crippen molar-refractivity contribution in [2.45, 2.75) is 18.9 Å². The Balaban J connectivity index is 1.86. The largest absolute Gasteiger partial charge is 0.339 e. The van der Waals surface area contributed by atoms with Gasteiger partial charge >= 0.3 is 0 Å². The van der Waals surface area contributed by atoms with Crippen molar-refractivity contribution in [2.75, 3.05) is 27.2 Å². The Kier molecular flexibility index (Phi) is 5.66. The molecule has 2 heterocycles. The molecule has 1 saturated heterocycles. The van der Waals surface area contributed by atoms with E-state index >= 15 is 0 Å². The van der Waals surface area contributed by atoms with Crippen molar-refractivity contribution in [3.8, 4) is 0 Å². The van der Waals surface area contributed by atoms with E-state index in [1.165, 1.54) is 12.1 Å². The first-order valence-electron chi connectivity index (χ1n) is 8.50. The van der Waals surface area contributed by atoms with E-state index in [0.717, 1.165) is 37.1 Å². The number of carbonyl (C=O) groups excluding carboxylic acids is 1. The van der Waals surface area contributed by atoms with E-state index in [1.807, 2.05) is 34.9 Å². The smallest absolute Gasteiger partial charge is 0.254 e. The van der Waals surface area contributed by atoms with Crippen LogP contribution in [0.3, 0.4) is 0 Å². The summed E-state index contributed by atoms with van der Waals surface area (Å²) >= 11 is 1.57. The van der Waals surface area contributed by atoms with E-state index in [-0.39, 0.29) is 17.8 Å². The molecule has 5 heteroatoms. The van der Waals surface area contributed by atoms with Crippen molar-refractivity contribution in [2.24, 2.45) is 0 Å². The Morgan fingerprint density at radius 3 is 2.52 bits per heavy atom. The van der Waals surface area contributed by atoms with E-state index in [2.05, 4.69) is 11.9 Å². The quantitative estimate of drug-likeness (QED) is 0.772. The van der Waals surface area contributed by atoms with Crippen LogP contribution in [-0.2, 0) is 4.79 Å². The van der Waals surface area contributed by atoms with Crippen molar-refractivity contribution in [3.05, 3.63) is 58.0 Å². The number of nitrogens with zero attached hydrogens (tertiary/aromatic N) is 2. The van der Waals surface area contributed by atoms with E-state index in [4.69, 9.17) is 0 Å². The molecule has 0 spiro atoms. The molecule has 1 aromatic carbocycles. The van der Waals surface area contributed by atoms with Crippen LogP contribution in [0.25, 0.3) is 11.6 Å². The van der Waals surface area contributed by atoms with Crippen LogP contribution in [0.1, 0.15) is 24.0 Å². The molecule has 0 unspecified atom stereocenters. The van der Waals surface area contributed by atoms with E-state index in [0.29, 0.717) is 5.57 Å². The molecule has 3 nitrogen and oxygen atoms in total. The van der Waals surface area contributed by atoms with Gasteiger partial charge in [-0.05, 0) is 79.1 Å². The van der Waals surface area contributed by atoms with Gasteiger partial charge in [-0.3, -0.25) is 4.79 Å². The number of likely N-dealkylation sites (tertiary alicyclic amines) is 1. The molecule has 1 aliphatic heterocycles. The third kappa shape index (κ3) is 4.35. The molecule has 0 N–H and O–H groups in total. The lowest BCUT2D eigenvalue weighted by atomic mass is 10.00. The maximum Gasteiger partial charge on any atom is 0.254 e. The summed E-state index contributed by atoms with van der Waals surface area (Å²) in [4.78, 5) is 17.3. The van der Waals surface area contributed by atoms with Crippen molar-refractivity contribution in [3.63, 3.8) is 0 Å². The topological polar surface area (TPSA) is 23.6 Å². The van der Waals surface area contributed by atoms with Gasteiger partial charge in [0, 0.05) is 18.7 Å². The lowest BCUT2D eigenvalue weighted by molar-refractivity contribution is -0.126. The highest BCUT2D eigenvalue weighted by molar-refractivity contribution is 7.08. The second-order valence-electron chi connectivity index (χ2n) is 6.57. The van der Waals surface area contributed by atoms with E-state index < -0.39 is 0 Å². The molecule has 0 saturated carbocycles. The predicted molar refractivity (Wildman–Crippen MR) is 102 cm³/mol. The first kappa shape index (κ1) is 17.8. The Labute approximate surface area is 152 Å². The normalized spacial score (nSPS) is 16.8. The van der Waals surface area contributed by atoms with Crippen LogP contribution in [0.5, 0.6) is 0 Å². The zero-order chi connectivity index (χ0) is 17.8. The number of piperidine rings is 1. The number of carbonyl (C=O) groups is 1. The van der Waals surface area contributed by atoms with Crippen LogP contribution in [0.15, 0.2) is 41.1 Å². The number of thiophene rings is 1. The number of amides is 1. The van der Waals surface area contributed by atoms with Gasteiger partial charge < -0.3 is 9.80 Å². The maximum absolute atomic E-state index is 13.2. The monoisotopic (exact) mass is 358 g/mol. The number of hydrogen-bond donors (Lipinski definition) is 0. The zero-order valence-corrected chi connectivity index (χ0v) is 15.4. The predicted octanol–water partition coefficient (Wildman–Crippen LogP) is 3.98. The summed E-state index contributed by atoms with van der Waals surface area (Å²) in [7, 11) is 4.01. The van der Waals surface area contributed by atoms with Gasteiger partial charge in [-0.15, -0.1) is 0 Å². The number of halogens is 1. The number of rotatable bonds is 4. The van der Waals surface area contributed by atoms with Crippen LogP contribution in [0.4, 0.5) is 4.39 Å². The summed E-state index contributed by atoms with van der Waals surface area (Å²) in [5, 5.41) is 3.95. The lowest BCUT2D eigenvalue weighted by Crippen LogP contribution is -2.44. The zero-order valence-electron chi connectivity index (χ0n) is 14.6. The summed E-state index contributed by atoms with van der Waals surface area (Å²) < 4.78 is 13.2. The summed E-state index contributed by atoms with van der Waals surface area (Å²) in [5.41, 5.74) is 2.40. The molecule has 0 aliphatic carbocycles. The van der Waals surface area contributed by atoms with Gasteiger partial charge in [0.2, 0.25) is 0 Å². The molecule has 1 fully saturated rings. The molecule has 0 atom stereocenters.